The predicted octanol–water partition coefficient (Wildman–Crippen LogP) is 3.13. The van der Waals surface area contributed by atoms with Crippen LogP contribution in [-0.4, -0.2) is 28.3 Å². The fourth-order valence-electron chi connectivity index (χ4n) is 2.84. The van der Waals surface area contributed by atoms with Gasteiger partial charge in [-0.1, -0.05) is 0 Å². The first-order chi connectivity index (χ1) is 11.9. The van der Waals surface area contributed by atoms with Crippen molar-refractivity contribution in [2.24, 2.45) is 7.05 Å². The van der Waals surface area contributed by atoms with E-state index in [9.17, 15) is 9.59 Å². The Morgan fingerprint density at radius 3 is 2.64 bits per heavy atom. The Hall–Kier alpha value is -2.87. The van der Waals surface area contributed by atoms with Crippen LogP contribution in [0.4, 0.5) is 5.69 Å². The highest BCUT2D eigenvalue weighted by Crippen LogP contribution is 2.37. The number of anilines is 1. The second-order valence-corrected chi connectivity index (χ2v) is 6.83. The zero-order valence-electron chi connectivity index (χ0n) is 13.9. The van der Waals surface area contributed by atoms with Gasteiger partial charge in [0.25, 0.3) is 5.91 Å². The molecule has 0 spiro atoms. The van der Waals surface area contributed by atoms with Gasteiger partial charge in [0, 0.05) is 24.1 Å². The Morgan fingerprint density at radius 2 is 1.96 bits per heavy atom. The van der Waals surface area contributed by atoms with Gasteiger partial charge >= 0.3 is 0 Å². The van der Waals surface area contributed by atoms with Crippen LogP contribution in [0.1, 0.15) is 32.6 Å². The summed E-state index contributed by atoms with van der Waals surface area (Å²) >= 11 is 1.36. The van der Waals surface area contributed by atoms with Crippen LogP contribution in [0.3, 0.4) is 0 Å². The van der Waals surface area contributed by atoms with Crippen LogP contribution in [-0.2, 0) is 7.05 Å². The topological polar surface area (TPSA) is 82.5 Å². The van der Waals surface area contributed by atoms with Crippen LogP contribution in [0, 0.1) is 6.92 Å². The molecule has 25 heavy (non-hydrogen) atoms. The SMILES string of the molecule is CC(=O)c1cc2c(cc1NC(=O)c1cc3c(C)nn(C)c3s1)OCO2. The molecule has 0 unspecified atom stereocenters. The van der Waals surface area contributed by atoms with Crippen molar-refractivity contribution in [2.45, 2.75) is 13.8 Å². The number of amides is 1. The molecule has 0 fully saturated rings. The van der Waals surface area contributed by atoms with Gasteiger partial charge < -0.3 is 14.8 Å². The van der Waals surface area contributed by atoms with Crippen LogP contribution < -0.4 is 14.8 Å². The molecule has 4 rings (SSSR count). The number of nitrogens with one attached hydrogen (secondary N) is 1. The van der Waals surface area contributed by atoms with Crippen molar-refractivity contribution in [3.05, 3.63) is 34.3 Å². The molecule has 128 valence electrons. The van der Waals surface area contributed by atoms with E-state index >= 15 is 0 Å². The minimum atomic E-state index is -0.276. The highest BCUT2D eigenvalue weighted by atomic mass is 32.1. The van der Waals surface area contributed by atoms with Crippen molar-refractivity contribution in [3.63, 3.8) is 0 Å². The van der Waals surface area contributed by atoms with E-state index in [4.69, 9.17) is 9.47 Å². The van der Waals surface area contributed by atoms with E-state index in [0.717, 1.165) is 15.9 Å². The van der Waals surface area contributed by atoms with Crippen molar-refractivity contribution >= 4 is 38.9 Å². The zero-order valence-corrected chi connectivity index (χ0v) is 14.7. The summed E-state index contributed by atoms with van der Waals surface area (Å²) in [4.78, 5) is 26.1. The molecule has 8 heteroatoms. The molecular formula is C17H15N3O4S. The van der Waals surface area contributed by atoms with Crippen molar-refractivity contribution in [3.8, 4) is 11.5 Å². The van der Waals surface area contributed by atoms with Gasteiger partial charge in [-0.2, -0.15) is 5.10 Å². The molecule has 0 atom stereocenters. The van der Waals surface area contributed by atoms with E-state index in [1.165, 1.54) is 18.3 Å². The summed E-state index contributed by atoms with van der Waals surface area (Å²) in [6, 6.07) is 5.04. The summed E-state index contributed by atoms with van der Waals surface area (Å²) in [6.45, 7) is 3.46. The van der Waals surface area contributed by atoms with Crippen molar-refractivity contribution < 1.29 is 19.1 Å². The van der Waals surface area contributed by atoms with E-state index < -0.39 is 0 Å². The average Bonchev–Trinajstić information content (AvgIpc) is 3.24. The van der Waals surface area contributed by atoms with Gasteiger partial charge in [0.05, 0.1) is 16.3 Å². The first-order valence-electron chi connectivity index (χ1n) is 7.63. The lowest BCUT2D eigenvalue weighted by Crippen LogP contribution is -2.13. The lowest BCUT2D eigenvalue weighted by atomic mass is 10.1. The van der Waals surface area contributed by atoms with Gasteiger partial charge in [0.1, 0.15) is 4.83 Å². The van der Waals surface area contributed by atoms with Crippen LogP contribution in [0.15, 0.2) is 18.2 Å². The Labute approximate surface area is 147 Å². The highest BCUT2D eigenvalue weighted by Gasteiger charge is 2.22. The lowest BCUT2D eigenvalue weighted by molar-refractivity contribution is 0.101. The molecule has 0 aliphatic carbocycles. The Bertz CT molecular complexity index is 1000. The Kier molecular flexibility index (Phi) is 3.50. The number of ketones is 1. The lowest BCUT2D eigenvalue weighted by Gasteiger charge is -2.09. The van der Waals surface area contributed by atoms with Gasteiger partial charge in [-0.05, 0) is 26.0 Å². The second-order valence-electron chi connectivity index (χ2n) is 5.80. The summed E-state index contributed by atoms with van der Waals surface area (Å²) in [6.07, 6.45) is 0. The molecule has 0 bridgehead atoms. The first kappa shape index (κ1) is 15.6. The average molecular weight is 357 g/mol. The molecular weight excluding hydrogens is 342 g/mol. The molecule has 7 nitrogen and oxygen atoms in total. The van der Waals surface area contributed by atoms with Crippen molar-refractivity contribution in [1.82, 2.24) is 9.78 Å². The molecule has 3 heterocycles. The molecule has 1 N–H and O–H groups in total. The standard InChI is InChI=1S/C17H15N3O4S/c1-8-10-5-15(25-17(10)20(3)19-8)16(22)18-12-6-14-13(23-7-24-14)4-11(12)9(2)21/h4-6H,7H2,1-3H3,(H,18,22). The number of ether oxygens (including phenoxy) is 2. The van der Waals surface area contributed by atoms with Crippen molar-refractivity contribution in [1.29, 1.82) is 0 Å². The Balaban J connectivity index is 1.70. The number of hydrogen-bond donors (Lipinski definition) is 1. The smallest absolute Gasteiger partial charge is 0.265 e. The molecule has 1 aromatic carbocycles. The van der Waals surface area contributed by atoms with Crippen LogP contribution in [0.5, 0.6) is 11.5 Å². The number of carbonyl (C=O) groups is 2. The number of Topliss-reactive ketones (excluding diaryl/α,β-unsaturated/α-hetero) is 1. The third-order valence-corrected chi connectivity index (χ3v) is 5.26. The Morgan fingerprint density at radius 1 is 1.24 bits per heavy atom. The molecule has 2 aromatic heterocycles. The third-order valence-electron chi connectivity index (χ3n) is 4.06. The number of fused-ring (bicyclic) bond motifs is 2. The molecule has 0 saturated carbocycles. The number of carbonyl (C=O) groups excluding carboxylic acids is 2. The van der Waals surface area contributed by atoms with E-state index in [-0.39, 0.29) is 18.5 Å². The van der Waals surface area contributed by atoms with E-state index in [1.807, 2.05) is 20.0 Å². The minimum Gasteiger partial charge on any atom is -0.454 e. The molecule has 1 amide bonds. The summed E-state index contributed by atoms with van der Waals surface area (Å²) in [5.74, 6) is 0.579. The largest absolute Gasteiger partial charge is 0.454 e. The number of aromatic nitrogens is 2. The third kappa shape index (κ3) is 2.54. The highest BCUT2D eigenvalue weighted by molar-refractivity contribution is 7.20. The van der Waals surface area contributed by atoms with E-state index in [2.05, 4.69) is 10.4 Å². The predicted molar refractivity (Wildman–Crippen MR) is 93.9 cm³/mol. The van der Waals surface area contributed by atoms with Gasteiger partial charge in [-0.15, -0.1) is 11.3 Å². The first-order valence-corrected chi connectivity index (χ1v) is 8.45. The van der Waals surface area contributed by atoms with E-state index in [1.54, 1.807) is 16.8 Å². The second kappa shape index (κ2) is 5.59. The number of nitrogens with zero attached hydrogens (tertiary/aromatic N) is 2. The molecule has 3 aromatic rings. The minimum absolute atomic E-state index is 0.104. The number of benzene rings is 1. The fourth-order valence-corrected chi connectivity index (χ4v) is 3.86. The molecule has 1 aliphatic rings. The normalized spacial score (nSPS) is 12.6. The van der Waals surface area contributed by atoms with E-state index in [0.29, 0.717) is 27.6 Å². The number of rotatable bonds is 3. The maximum atomic E-state index is 12.7. The summed E-state index contributed by atoms with van der Waals surface area (Å²) < 4.78 is 12.4. The number of thiophene rings is 1. The van der Waals surface area contributed by atoms with Crippen LogP contribution in [0.25, 0.3) is 10.2 Å². The molecule has 0 radical (unpaired) electrons. The van der Waals surface area contributed by atoms with Gasteiger partial charge in [0.15, 0.2) is 17.3 Å². The molecule has 0 saturated heterocycles. The van der Waals surface area contributed by atoms with Gasteiger partial charge in [0.2, 0.25) is 6.79 Å². The van der Waals surface area contributed by atoms with Gasteiger partial charge in [-0.25, -0.2) is 0 Å². The van der Waals surface area contributed by atoms with Crippen molar-refractivity contribution in [2.75, 3.05) is 12.1 Å². The summed E-state index contributed by atoms with van der Waals surface area (Å²) in [5, 5.41) is 8.10. The summed E-state index contributed by atoms with van der Waals surface area (Å²) in [5.41, 5.74) is 1.67. The maximum Gasteiger partial charge on any atom is 0.265 e. The van der Waals surface area contributed by atoms with Crippen LogP contribution >= 0.6 is 11.3 Å². The number of hydrogen-bond acceptors (Lipinski definition) is 6. The molecule has 1 aliphatic heterocycles. The van der Waals surface area contributed by atoms with Crippen LogP contribution in [0.2, 0.25) is 0 Å². The fraction of sp³-hybridized carbons (Fsp3) is 0.235. The zero-order chi connectivity index (χ0) is 17.7. The van der Waals surface area contributed by atoms with Gasteiger partial charge in [-0.3, -0.25) is 14.3 Å². The monoisotopic (exact) mass is 357 g/mol. The maximum absolute atomic E-state index is 12.7. The number of aryl methyl sites for hydroxylation is 2. The summed E-state index contributed by atoms with van der Waals surface area (Å²) in [7, 11) is 1.85. The quantitative estimate of drug-likeness (QED) is 0.728.